The summed E-state index contributed by atoms with van der Waals surface area (Å²) >= 11 is 0. The molecule has 0 radical (unpaired) electrons. The van der Waals surface area contributed by atoms with Crippen molar-refractivity contribution >= 4 is 18.1 Å². The number of methoxy groups -OCH3 is 2. The lowest BCUT2D eigenvalue weighted by Gasteiger charge is -2.09. The highest BCUT2D eigenvalue weighted by atomic mass is 16.5. The van der Waals surface area contributed by atoms with Crippen LogP contribution in [0.25, 0.3) is 12.2 Å². The van der Waals surface area contributed by atoms with Crippen LogP contribution in [0.5, 0.6) is 5.75 Å². The maximum atomic E-state index is 11.9. The molecule has 1 heterocycles. The molecule has 2 aromatic rings. The number of benzene rings is 1. The van der Waals surface area contributed by atoms with E-state index in [0.717, 1.165) is 5.56 Å². The second kappa shape index (κ2) is 6.47. The van der Waals surface area contributed by atoms with Crippen molar-refractivity contribution in [1.29, 1.82) is 0 Å². The number of esters is 1. The molecule has 0 aliphatic rings. The molecule has 102 valence electrons. The Kier molecular flexibility index (Phi) is 4.44. The van der Waals surface area contributed by atoms with Crippen LogP contribution < -0.4 is 4.74 Å². The molecule has 0 bridgehead atoms. The Morgan fingerprint density at radius 2 is 1.90 bits per heavy atom. The minimum Gasteiger partial charge on any atom is -0.496 e. The van der Waals surface area contributed by atoms with Gasteiger partial charge in [-0.25, -0.2) is 14.8 Å². The van der Waals surface area contributed by atoms with Gasteiger partial charge in [-0.05, 0) is 11.6 Å². The van der Waals surface area contributed by atoms with Crippen LogP contribution in [0.3, 0.4) is 0 Å². The molecule has 1 aromatic carbocycles. The summed E-state index contributed by atoms with van der Waals surface area (Å²) in [4.78, 5) is 19.7. The average molecular weight is 270 g/mol. The SMILES string of the molecule is COC(=O)c1c(C=Cc2cncnc2)cccc1OC. The Labute approximate surface area is 116 Å². The van der Waals surface area contributed by atoms with E-state index in [9.17, 15) is 4.79 Å². The molecule has 0 amide bonds. The first-order chi connectivity index (χ1) is 9.76. The third kappa shape index (κ3) is 3.00. The lowest BCUT2D eigenvalue weighted by atomic mass is 10.1. The molecule has 2 rings (SSSR count). The van der Waals surface area contributed by atoms with Crippen LogP contribution in [0, 0.1) is 0 Å². The van der Waals surface area contributed by atoms with Gasteiger partial charge in [0.25, 0.3) is 0 Å². The van der Waals surface area contributed by atoms with Crippen molar-refractivity contribution in [2.45, 2.75) is 0 Å². The first kappa shape index (κ1) is 13.7. The molecule has 0 saturated heterocycles. The van der Waals surface area contributed by atoms with E-state index < -0.39 is 5.97 Å². The van der Waals surface area contributed by atoms with Gasteiger partial charge in [-0.2, -0.15) is 0 Å². The summed E-state index contributed by atoms with van der Waals surface area (Å²) in [6, 6.07) is 5.34. The minimum atomic E-state index is -0.439. The second-order valence-electron chi connectivity index (χ2n) is 3.92. The molecule has 0 N–H and O–H groups in total. The zero-order valence-electron chi connectivity index (χ0n) is 11.2. The zero-order valence-corrected chi connectivity index (χ0v) is 11.2. The fourth-order valence-corrected chi connectivity index (χ4v) is 1.76. The third-order valence-corrected chi connectivity index (χ3v) is 2.70. The van der Waals surface area contributed by atoms with Gasteiger partial charge in [0.15, 0.2) is 0 Å². The van der Waals surface area contributed by atoms with E-state index >= 15 is 0 Å². The highest BCUT2D eigenvalue weighted by Crippen LogP contribution is 2.24. The molecule has 0 aliphatic carbocycles. The maximum absolute atomic E-state index is 11.9. The van der Waals surface area contributed by atoms with E-state index in [-0.39, 0.29) is 0 Å². The molecule has 20 heavy (non-hydrogen) atoms. The molecule has 1 aromatic heterocycles. The minimum absolute atomic E-state index is 0.394. The van der Waals surface area contributed by atoms with Gasteiger partial charge in [0.1, 0.15) is 17.6 Å². The molecular weight excluding hydrogens is 256 g/mol. The number of carbonyl (C=O) groups is 1. The summed E-state index contributed by atoms with van der Waals surface area (Å²) in [7, 11) is 2.85. The summed E-state index contributed by atoms with van der Waals surface area (Å²) in [5.74, 6) is 0.0368. The van der Waals surface area contributed by atoms with Crippen molar-refractivity contribution in [2.24, 2.45) is 0 Å². The van der Waals surface area contributed by atoms with Gasteiger partial charge in [-0.1, -0.05) is 24.3 Å². The molecule has 0 unspecified atom stereocenters. The molecule has 0 spiro atoms. The summed E-state index contributed by atoms with van der Waals surface area (Å²) in [5, 5.41) is 0. The highest BCUT2D eigenvalue weighted by Gasteiger charge is 2.16. The lowest BCUT2D eigenvalue weighted by molar-refractivity contribution is 0.0597. The normalized spacial score (nSPS) is 10.5. The van der Waals surface area contributed by atoms with E-state index in [1.54, 1.807) is 24.5 Å². The van der Waals surface area contributed by atoms with Crippen molar-refractivity contribution in [3.8, 4) is 5.75 Å². The zero-order chi connectivity index (χ0) is 14.4. The smallest absolute Gasteiger partial charge is 0.342 e. The largest absolute Gasteiger partial charge is 0.496 e. The van der Waals surface area contributed by atoms with Crippen molar-refractivity contribution in [3.05, 3.63) is 53.6 Å². The molecule has 5 nitrogen and oxygen atoms in total. The van der Waals surface area contributed by atoms with Crippen molar-refractivity contribution in [2.75, 3.05) is 14.2 Å². The number of hydrogen-bond acceptors (Lipinski definition) is 5. The number of rotatable bonds is 4. The standard InChI is InChI=1S/C15H14N2O3/c1-19-13-5-3-4-12(14(13)15(18)20-2)7-6-11-8-16-10-17-9-11/h3-10H,1-2H3. The molecule has 0 aliphatic heterocycles. The highest BCUT2D eigenvalue weighted by molar-refractivity contribution is 5.97. The topological polar surface area (TPSA) is 61.3 Å². The number of carbonyl (C=O) groups excluding carboxylic acids is 1. The van der Waals surface area contributed by atoms with Crippen LogP contribution in [-0.4, -0.2) is 30.2 Å². The quantitative estimate of drug-likeness (QED) is 0.798. The van der Waals surface area contributed by atoms with Crippen molar-refractivity contribution in [3.63, 3.8) is 0 Å². The summed E-state index contributed by atoms with van der Waals surface area (Å²) in [5.41, 5.74) is 1.94. The summed E-state index contributed by atoms with van der Waals surface area (Å²) in [6.45, 7) is 0. The van der Waals surface area contributed by atoms with E-state index in [1.165, 1.54) is 20.5 Å². The van der Waals surface area contributed by atoms with Gasteiger partial charge in [0.2, 0.25) is 0 Å². The summed E-state index contributed by atoms with van der Waals surface area (Å²) in [6.07, 6.45) is 8.44. The Bertz CT molecular complexity index is 624. The van der Waals surface area contributed by atoms with Crippen LogP contribution >= 0.6 is 0 Å². The van der Waals surface area contributed by atoms with E-state index in [2.05, 4.69) is 9.97 Å². The summed E-state index contributed by atoms with van der Waals surface area (Å²) < 4.78 is 10.00. The van der Waals surface area contributed by atoms with Crippen LogP contribution in [0.15, 0.2) is 36.9 Å². The van der Waals surface area contributed by atoms with Gasteiger partial charge in [0.05, 0.1) is 14.2 Å². The van der Waals surface area contributed by atoms with Crippen LogP contribution in [0.2, 0.25) is 0 Å². The third-order valence-electron chi connectivity index (χ3n) is 2.70. The first-order valence-corrected chi connectivity index (χ1v) is 5.94. The van der Waals surface area contributed by atoms with Gasteiger partial charge in [-0.3, -0.25) is 0 Å². The van der Waals surface area contributed by atoms with E-state index in [4.69, 9.17) is 9.47 Å². The van der Waals surface area contributed by atoms with Gasteiger partial charge >= 0.3 is 5.97 Å². The number of nitrogens with zero attached hydrogens (tertiary/aromatic N) is 2. The van der Waals surface area contributed by atoms with Crippen molar-refractivity contribution in [1.82, 2.24) is 9.97 Å². The maximum Gasteiger partial charge on any atom is 0.342 e. The van der Waals surface area contributed by atoms with Crippen LogP contribution in [0.1, 0.15) is 21.5 Å². The van der Waals surface area contributed by atoms with Gasteiger partial charge in [0, 0.05) is 18.0 Å². The Morgan fingerprint density at radius 1 is 1.15 bits per heavy atom. The number of ether oxygens (including phenoxy) is 2. The molecule has 0 saturated carbocycles. The molecular formula is C15H14N2O3. The van der Waals surface area contributed by atoms with Gasteiger partial charge in [-0.15, -0.1) is 0 Å². The second-order valence-corrected chi connectivity index (χ2v) is 3.92. The fraction of sp³-hybridized carbons (Fsp3) is 0.133. The van der Waals surface area contributed by atoms with Crippen molar-refractivity contribution < 1.29 is 14.3 Å². The average Bonchev–Trinajstić information content (AvgIpc) is 2.52. The number of aromatic nitrogens is 2. The first-order valence-electron chi connectivity index (χ1n) is 5.94. The van der Waals surface area contributed by atoms with E-state index in [0.29, 0.717) is 16.9 Å². The Hall–Kier alpha value is -2.69. The predicted molar refractivity (Wildman–Crippen MR) is 75.3 cm³/mol. The molecule has 5 heteroatoms. The van der Waals surface area contributed by atoms with Gasteiger partial charge < -0.3 is 9.47 Å². The predicted octanol–water partition coefficient (Wildman–Crippen LogP) is 2.44. The Morgan fingerprint density at radius 3 is 2.55 bits per heavy atom. The van der Waals surface area contributed by atoms with Crippen LogP contribution in [0.4, 0.5) is 0 Å². The lowest BCUT2D eigenvalue weighted by Crippen LogP contribution is -2.06. The monoisotopic (exact) mass is 270 g/mol. The molecule has 0 fully saturated rings. The van der Waals surface area contributed by atoms with E-state index in [1.807, 2.05) is 18.2 Å². The fourth-order valence-electron chi connectivity index (χ4n) is 1.76. The Balaban J connectivity index is 2.41. The number of hydrogen-bond donors (Lipinski definition) is 0. The molecule has 0 atom stereocenters. The van der Waals surface area contributed by atoms with Crippen LogP contribution in [-0.2, 0) is 4.74 Å².